The van der Waals surface area contributed by atoms with Gasteiger partial charge >= 0.3 is 0 Å². The van der Waals surface area contributed by atoms with Gasteiger partial charge in [-0.1, -0.05) is 6.92 Å². The minimum absolute atomic E-state index is 0.0260. The summed E-state index contributed by atoms with van der Waals surface area (Å²) in [5.41, 5.74) is 0.0260. The molecule has 0 bridgehead atoms. The molecule has 2 nitrogen and oxygen atoms in total. The van der Waals surface area contributed by atoms with Crippen LogP contribution in [0.4, 0.5) is 0 Å². The number of likely N-dealkylation sites (tertiary alicyclic amines) is 1. The maximum absolute atomic E-state index is 9.57. The van der Waals surface area contributed by atoms with Crippen LogP contribution in [-0.4, -0.2) is 34.7 Å². The molecule has 1 saturated heterocycles. The van der Waals surface area contributed by atoms with Crippen LogP contribution in [0.2, 0.25) is 0 Å². The Balaban J connectivity index is 2.57. The SMILES string of the molecule is CCC(C)(C(C)O)N1CCC1. The van der Waals surface area contributed by atoms with Gasteiger partial charge < -0.3 is 5.11 Å². The predicted octanol–water partition coefficient (Wildman–Crippen LogP) is 1.24. The van der Waals surface area contributed by atoms with Gasteiger partial charge in [0.2, 0.25) is 0 Å². The van der Waals surface area contributed by atoms with Crippen molar-refractivity contribution in [3.8, 4) is 0 Å². The van der Waals surface area contributed by atoms with E-state index >= 15 is 0 Å². The van der Waals surface area contributed by atoms with E-state index in [0.717, 1.165) is 19.5 Å². The highest BCUT2D eigenvalue weighted by molar-refractivity contribution is 4.93. The molecule has 1 aliphatic heterocycles. The van der Waals surface area contributed by atoms with Crippen molar-refractivity contribution >= 4 is 0 Å². The first-order valence-electron chi connectivity index (χ1n) is 4.54. The average Bonchev–Trinajstić information content (AvgIpc) is 1.83. The zero-order valence-electron chi connectivity index (χ0n) is 7.80. The third-order valence-corrected chi connectivity index (χ3v) is 3.19. The van der Waals surface area contributed by atoms with Gasteiger partial charge in [-0.05, 0) is 39.8 Å². The zero-order valence-corrected chi connectivity index (χ0v) is 7.80. The molecule has 1 rings (SSSR count). The van der Waals surface area contributed by atoms with Crippen LogP contribution in [0.25, 0.3) is 0 Å². The first-order valence-corrected chi connectivity index (χ1v) is 4.54. The second kappa shape index (κ2) is 3.11. The van der Waals surface area contributed by atoms with E-state index in [1.165, 1.54) is 6.42 Å². The summed E-state index contributed by atoms with van der Waals surface area (Å²) in [6, 6.07) is 0. The minimum atomic E-state index is -0.215. The third kappa shape index (κ3) is 1.42. The Morgan fingerprint density at radius 3 is 2.18 bits per heavy atom. The van der Waals surface area contributed by atoms with Crippen LogP contribution < -0.4 is 0 Å². The van der Waals surface area contributed by atoms with Crippen molar-refractivity contribution in [2.45, 2.75) is 45.3 Å². The van der Waals surface area contributed by atoms with Crippen LogP contribution in [0.1, 0.15) is 33.6 Å². The number of hydrogen-bond acceptors (Lipinski definition) is 2. The lowest BCUT2D eigenvalue weighted by atomic mass is 9.88. The molecule has 1 heterocycles. The fraction of sp³-hybridized carbons (Fsp3) is 1.00. The highest BCUT2D eigenvalue weighted by Gasteiger charge is 2.37. The molecule has 0 aromatic rings. The lowest BCUT2D eigenvalue weighted by Crippen LogP contribution is -2.58. The molecule has 0 saturated carbocycles. The van der Waals surface area contributed by atoms with Crippen LogP contribution in [-0.2, 0) is 0 Å². The van der Waals surface area contributed by atoms with Gasteiger partial charge in [0.25, 0.3) is 0 Å². The molecule has 2 heteroatoms. The number of hydrogen-bond donors (Lipinski definition) is 1. The van der Waals surface area contributed by atoms with Gasteiger partial charge in [0.1, 0.15) is 0 Å². The van der Waals surface area contributed by atoms with E-state index in [1.54, 1.807) is 0 Å². The summed E-state index contributed by atoms with van der Waals surface area (Å²) in [5, 5.41) is 9.57. The fourth-order valence-electron chi connectivity index (χ4n) is 1.61. The molecule has 0 radical (unpaired) electrons. The van der Waals surface area contributed by atoms with Gasteiger partial charge in [0.05, 0.1) is 6.10 Å². The Bertz CT molecular complexity index is 132. The van der Waals surface area contributed by atoms with Crippen molar-refractivity contribution in [2.75, 3.05) is 13.1 Å². The first-order chi connectivity index (χ1) is 5.11. The van der Waals surface area contributed by atoms with Crippen LogP contribution >= 0.6 is 0 Å². The van der Waals surface area contributed by atoms with Crippen molar-refractivity contribution in [3.05, 3.63) is 0 Å². The standard InChI is InChI=1S/C9H19NO/c1-4-9(3,8(2)11)10-6-5-7-10/h8,11H,4-7H2,1-3H3. The van der Waals surface area contributed by atoms with Crippen LogP contribution in [0.5, 0.6) is 0 Å². The van der Waals surface area contributed by atoms with E-state index in [4.69, 9.17) is 0 Å². The summed E-state index contributed by atoms with van der Waals surface area (Å²) in [7, 11) is 0. The van der Waals surface area contributed by atoms with E-state index in [1.807, 2.05) is 6.92 Å². The van der Waals surface area contributed by atoms with Gasteiger partial charge in [-0.15, -0.1) is 0 Å². The second-order valence-electron chi connectivity index (χ2n) is 3.73. The largest absolute Gasteiger partial charge is 0.391 e. The molecule has 0 amide bonds. The Hall–Kier alpha value is -0.0800. The van der Waals surface area contributed by atoms with Crippen molar-refractivity contribution in [1.82, 2.24) is 4.90 Å². The molecule has 0 aromatic heterocycles. The van der Waals surface area contributed by atoms with Gasteiger partial charge in [-0.2, -0.15) is 0 Å². The van der Waals surface area contributed by atoms with Gasteiger partial charge in [-0.3, -0.25) is 4.90 Å². The van der Waals surface area contributed by atoms with Crippen LogP contribution in [0.15, 0.2) is 0 Å². The van der Waals surface area contributed by atoms with Gasteiger partial charge in [-0.25, -0.2) is 0 Å². The molecule has 11 heavy (non-hydrogen) atoms. The quantitative estimate of drug-likeness (QED) is 0.666. The molecule has 0 aliphatic carbocycles. The van der Waals surface area contributed by atoms with Crippen molar-refractivity contribution in [2.24, 2.45) is 0 Å². The molecular formula is C9H19NO. The molecule has 1 aliphatic rings. The van der Waals surface area contributed by atoms with Crippen molar-refractivity contribution in [1.29, 1.82) is 0 Å². The number of aliphatic hydroxyl groups is 1. The summed E-state index contributed by atoms with van der Waals surface area (Å²) in [6.45, 7) is 8.51. The molecule has 1 N–H and O–H groups in total. The van der Waals surface area contributed by atoms with E-state index in [2.05, 4.69) is 18.7 Å². The van der Waals surface area contributed by atoms with Gasteiger partial charge in [0.15, 0.2) is 0 Å². The first kappa shape index (κ1) is 9.01. The molecule has 2 unspecified atom stereocenters. The van der Waals surface area contributed by atoms with E-state index in [0.29, 0.717) is 0 Å². The maximum atomic E-state index is 9.57. The molecule has 0 aromatic carbocycles. The van der Waals surface area contributed by atoms with E-state index in [9.17, 15) is 5.11 Å². The minimum Gasteiger partial charge on any atom is -0.391 e. The number of nitrogens with zero attached hydrogens (tertiary/aromatic N) is 1. The number of aliphatic hydroxyl groups excluding tert-OH is 1. The molecule has 0 spiro atoms. The van der Waals surface area contributed by atoms with E-state index < -0.39 is 0 Å². The lowest BCUT2D eigenvalue weighted by Gasteiger charge is -2.48. The van der Waals surface area contributed by atoms with Crippen LogP contribution in [0.3, 0.4) is 0 Å². The van der Waals surface area contributed by atoms with Crippen LogP contribution in [0, 0.1) is 0 Å². The molecular weight excluding hydrogens is 138 g/mol. The number of rotatable bonds is 3. The maximum Gasteiger partial charge on any atom is 0.0692 e. The topological polar surface area (TPSA) is 23.5 Å². The Morgan fingerprint density at radius 1 is 1.55 bits per heavy atom. The zero-order chi connectivity index (χ0) is 8.48. The summed E-state index contributed by atoms with van der Waals surface area (Å²) >= 11 is 0. The fourth-order valence-corrected chi connectivity index (χ4v) is 1.61. The molecule has 66 valence electrons. The Kier molecular flexibility index (Phi) is 2.55. The lowest BCUT2D eigenvalue weighted by molar-refractivity contribution is -0.0467. The molecule has 2 atom stereocenters. The summed E-state index contributed by atoms with van der Waals surface area (Å²) in [4.78, 5) is 2.37. The summed E-state index contributed by atoms with van der Waals surface area (Å²) < 4.78 is 0. The summed E-state index contributed by atoms with van der Waals surface area (Å²) in [5.74, 6) is 0. The third-order valence-electron chi connectivity index (χ3n) is 3.19. The normalized spacial score (nSPS) is 27.3. The van der Waals surface area contributed by atoms with Crippen molar-refractivity contribution < 1.29 is 5.11 Å². The Morgan fingerprint density at radius 2 is 2.09 bits per heavy atom. The second-order valence-corrected chi connectivity index (χ2v) is 3.73. The van der Waals surface area contributed by atoms with Crippen molar-refractivity contribution in [3.63, 3.8) is 0 Å². The predicted molar refractivity (Wildman–Crippen MR) is 46.6 cm³/mol. The van der Waals surface area contributed by atoms with Gasteiger partial charge in [0, 0.05) is 5.54 Å². The monoisotopic (exact) mass is 157 g/mol. The molecule has 1 fully saturated rings. The highest BCUT2D eigenvalue weighted by Crippen LogP contribution is 2.28. The smallest absolute Gasteiger partial charge is 0.0692 e. The summed E-state index contributed by atoms with van der Waals surface area (Å²) in [6.07, 6.45) is 2.11. The highest BCUT2D eigenvalue weighted by atomic mass is 16.3. The van der Waals surface area contributed by atoms with E-state index in [-0.39, 0.29) is 11.6 Å². The Labute approximate surface area is 69.2 Å². The average molecular weight is 157 g/mol.